The summed E-state index contributed by atoms with van der Waals surface area (Å²) in [4.78, 5) is 21.5. The second-order valence-corrected chi connectivity index (χ2v) is 4.92. The fourth-order valence-electron chi connectivity index (χ4n) is 1.15. The van der Waals surface area contributed by atoms with Crippen molar-refractivity contribution in [1.29, 1.82) is 0 Å². The van der Waals surface area contributed by atoms with Crippen LogP contribution in [0.2, 0.25) is 0 Å². The third kappa shape index (κ3) is 3.06. The maximum atomic E-state index is 10.8. The smallest absolute Gasteiger partial charge is 0.283 e. The number of nitrogens with zero attached hydrogens (tertiary/aromatic N) is 1. The highest BCUT2D eigenvalue weighted by Crippen LogP contribution is 2.33. The molecule has 1 aromatic carbocycles. The third-order valence-corrected chi connectivity index (χ3v) is 3.55. The van der Waals surface area contributed by atoms with Crippen molar-refractivity contribution in [3.8, 4) is 0 Å². The van der Waals surface area contributed by atoms with Crippen molar-refractivity contribution in [3.63, 3.8) is 0 Å². The molecule has 0 radical (unpaired) electrons. The van der Waals surface area contributed by atoms with Crippen LogP contribution in [0.1, 0.15) is 30.6 Å². The molecule has 0 aromatic heterocycles. The number of hydrogen-bond acceptors (Lipinski definition) is 4. The Bertz CT molecular complexity index is 406. The number of benzene rings is 1. The second kappa shape index (κ2) is 5.65. The quantitative estimate of drug-likeness (QED) is 0.342. The highest BCUT2D eigenvalue weighted by molar-refractivity contribution is 8.00. The predicted octanol–water partition coefficient (Wildman–Crippen LogP) is 3.30. The standard InChI is InChI=1S/C11H13NO3S/c1-3-8(2)16-11-5-4-9(7-13)6-10(11)12(14)15/h4-8H,3H2,1-2H3. The monoisotopic (exact) mass is 239 g/mol. The molecule has 0 saturated carbocycles. The summed E-state index contributed by atoms with van der Waals surface area (Å²) in [5, 5.41) is 11.2. The Balaban J connectivity index is 3.07. The molecule has 0 aliphatic carbocycles. The van der Waals surface area contributed by atoms with Gasteiger partial charge in [0.15, 0.2) is 0 Å². The Morgan fingerprint density at radius 2 is 2.25 bits per heavy atom. The number of carbonyl (C=O) groups excluding carboxylic acids is 1. The number of nitro groups is 1. The Morgan fingerprint density at radius 3 is 2.75 bits per heavy atom. The summed E-state index contributed by atoms with van der Waals surface area (Å²) in [7, 11) is 0. The van der Waals surface area contributed by atoms with Gasteiger partial charge in [0.05, 0.1) is 9.82 Å². The maximum Gasteiger partial charge on any atom is 0.283 e. The Morgan fingerprint density at radius 1 is 1.56 bits per heavy atom. The van der Waals surface area contributed by atoms with Crippen LogP contribution in [0.3, 0.4) is 0 Å². The summed E-state index contributed by atoms with van der Waals surface area (Å²) in [5.74, 6) is 0. The lowest BCUT2D eigenvalue weighted by Crippen LogP contribution is -1.97. The first kappa shape index (κ1) is 12.7. The molecular formula is C11H13NO3S. The van der Waals surface area contributed by atoms with Crippen LogP contribution in [0.4, 0.5) is 5.69 Å². The van der Waals surface area contributed by atoms with Gasteiger partial charge in [-0.15, -0.1) is 11.8 Å². The molecule has 0 N–H and O–H groups in total. The molecule has 1 unspecified atom stereocenters. The first-order valence-electron chi connectivity index (χ1n) is 4.98. The number of carbonyl (C=O) groups is 1. The van der Waals surface area contributed by atoms with Gasteiger partial charge in [0.1, 0.15) is 6.29 Å². The molecule has 0 heterocycles. The Kier molecular flexibility index (Phi) is 4.49. The van der Waals surface area contributed by atoms with E-state index in [1.807, 2.05) is 13.8 Å². The number of aldehydes is 1. The van der Waals surface area contributed by atoms with E-state index in [-0.39, 0.29) is 5.69 Å². The highest BCUT2D eigenvalue weighted by atomic mass is 32.2. The molecule has 0 aliphatic heterocycles. The van der Waals surface area contributed by atoms with Crippen LogP contribution in [0.15, 0.2) is 23.1 Å². The minimum atomic E-state index is -0.447. The maximum absolute atomic E-state index is 10.8. The van der Waals surface area contributed by atoms with Gasteiger partial charge in [0.2, 0.25) is 0 Å². The zero-order chi connectivity index (χ0) is 12.1. The minimum absolute atomic E-state index is 0.00917. The molecule has 0 saturated heterocycles. The van der Waals surface area contributed by atoms with E-state index in [2.05, 4.69) is 0 Å². The summed E-state index contributed by atoms with van der Waals surface area (Å²) in [6.45, 7) is 4.05. The number of rotatable bonds is 5. The van der Waals surface area contributed by atoms with E-state index < -0.39 is 4.92 Å². The Hall–Kier alpha value is -1.36. The van der Waals surface area contributed by atoms with E-state index in [0.717, 1.165) is 6.42 Å². The lowest BCUT2D eigenvalue weighted by Gasteiger charge is -2.08. The molecule has 0 bridgehead atoms. The molecule has 0 fully saturated rings. The fourth-order valence-corrected chi connectivity index (χ4v) is 2.15. The Labute approximate surface area is 98.2 Å². The van der Waals surface area contributed by atoms with E-state index in [1.54, 1.807) is 12.1 Å². The van der Waals surface area contributed by atoms with Gasteiger partial charge in [-0.2, -0.15) is 0 Å². The lowest BCUT2D eigenvalue weighted by molar-refractivity contribution is -0.387. The summed E-state index contributed by atoms with van der Waals surface area (Å²) in [6.07, 6.45) is 1.56. The molecule has 0 amide bonds. The van der Waals surface area contributed by atoms with Crippen molar-refractivity contribution in [2.75, 3.05) is 0 Å². The molecule has 1 aromatic rings. The zero-order valence-corrected chi connectivity index (χ0v) is 9.99. The van der Waals surface area contributed by atoms with Crippen molar-refractivity contribution in [1.82, 2.24) is 0 Å². The van der Waals surface area contributed by atoms with E-state index in [9.17, 15) is 14.9 Å². The van der Waals surface area contributed by atoms with Crippen LogP contribution in [-0.2, 0) is 0 Å². The van der Waals surface area contributed by atoms with Crippen molar-refractivity contribution in [3.05, 3.63) is 33.9 Å². The van der Waals surface area contributed by atoms with Crippen molar-refractivity contribution >= 4 is 23.7 Å². The fraction of sp³-hybridized carbons (Fsp3) is 0.364. The first-order valence-corrected chi connectivity index (χ1v) is 5.86. The predicted molar refractivity (Wildman–Crippen MR) is 64.1 cm³/mol. The molecule has 4 nitrogen and oxygen atoms in total. The van der Waals surface area contributed by atoms with Gasteiger partial charge in [-0.3, -0.25) is 14.9 Å². The van der Waals surface area contributed by atoms with Crippen molar-refractivity contribution < 1.29 is 9.72 Å². The largest absolute Gasteiger partial charge is 0.298 e. The van der Waals surface area contributed by atoms with Crippen molar-refractivity contribution in [2.24, 2.45) is 0 Å². The molecule has 1 rings (SSSR count). The van der Waals surface area contributed by atoms with Gasteiger partial charge < -0.3 is 0 Å². The van der Waals surface area contributed by atoms with Crippen LogP contribution >= 0.6 is 11.8 Å². The zero-order valence-electron chi connectivity index (χ0n) is 9.17. The molecule has 0 spiro atoms. The third-order valence-electron chi connectivity index (χ3n) is 2.22. The van der Waals surface area contributed by atoms with E-state index in [0.29, 0.717) is 22.0 Å². The normalized spacial score (nSPS) is 12.1. The van der Waals surface area contributed by atoms with Gasteiger partial charge in [-0.05, 0) is 12.5 Å². The van der Waals surface area contributed by atoms with Gasteiger partial charge in [-0.25, -0.2) is 0 Å². The highest BCUT2D eigenvalue weighted by Gasteiger charge is 2.16. The van der Waals surface area contributed by atoms with Crippen LogP contribution < -0.4 is 0 Å². The molecular weight excluding hydrogens is 226 g/mol. The minimum Gasteiger partial charge on any atom is -0.298 e. The van der Waals surface area contributed by atoms with E-state index in [1.165, 1.54) is 17.8 Å². The van der Waals surface area contributed by atoms with E-state index >= 15 is 0 Å². The van der Waals surface area contributed by atoms with Gasteiger partial charge in [0.25, 0.3) is 5.69 Å². The molecule has 5 heteroatoms. The summed E-state index contributed by atoms with van der Waals surface area (Å²) >= 11 is 1.46. The summed E-state index contributed by atoms with van der Waals surface area (Å²) < 4.78 is 0. The average molecular weight is 239 g/mol. The summed E-state index contributed by atoms with van der Waals surface area (Å²) in [5.41, 5.74) is 0.343. The molecule has 86 valence electrons. The van der Waals surface area contributed by atoms with Crippen LogP contribution in [0, 0.1) is 10.1 Å². The van der Waals surface area contributed by atoms with Gasteiger partial charge in [-0.1, -0.05) is 19.9 Å². The number of hydrogen-bond donors (Lipinski definition) is 0. The van der Waals surface area contributed by atoms with Crippen LogP contribution in [-0.4, -0.2) is 16.5 Å². The van der Waals surface area contributed by atoms with Gasteiger partial charge in [0, 0.05) is 16.9 Å². The SMILES string of the molecule is CCC(C)Sc1ccc(C=O)cc1[N+](=O)[O-]. The average Bonchev–Trinajstić information content (AvgIpc) is 2.29. The number of nitro benzene ring substituents is 1. The molecule has 1 atom stereocenters. The number of thioether (sulfide) groups is 1. The molecule has 16 heavy (non-hydrogen) atoms. The first-order chi connectivity index (χ1) is 7.58. The van der Waals surface area contributed by atoms with Crippen molar-refractivity contribution in [2.45, 2.75) is 30.4 Å². The van der Waals surface area contributed by atoms with Crippen LogP contribution in [0.5, 0.6) is 0 Å². The topological polar surface area (TPSA) is 60.2 Å². The lowest BCUT2D eigenvalue weighted by atomic mass is 10.2. The molecule has 0 aliphatic rings. The second-order valence-electron chi connectivity index (χ2n) is 3.44. The van der Waals surface area contributed by atoms with Gasteiger partial charge >= 0.3 is 0 Å². The van der Waals surface area contributed by atoms with Crippen LogP contribution in [0.25, 0.3) is 0 Å². The summed E-state index contributed by atoms with van der Waals surface area (Å²) in [6, 6.07) is 4.56. The van der Waals surface area contributed by atoms with E-state index in [4.69, 9.17) is 0 Å².